The Morgan fingerprint density at radius 3 is 1.69 bits per heavy atom. The van der Waals surface area contributed by atoms with Gasteiger partial charge in [-0.3, -0.25) is 0 Å². The van der Waals surface area contributed by atoms with Gasteiger partial charge in [0.1, 0.15) is 0 Å². The van der Waals surface area contributed by atoms with Gasteiger partial charge in [-0.05, 0) is 24.9 Å². The van der Waals surface area contributed by atoms with E-state index in [4.69, 9.17) is 9.79 Å². The van der Waals surface area contributed by atoms with Crippen molar-refractivity contribution in [1.82, 2.24) is 5.59 Å². The van der Waals surface area contributed by atoms with E-state index in [1.807, 2.05) is 20.8 Å². The average Bonchev–Trinajstić information content (AvgIpc) is 2.15. The smallest absolute Gasteiger partial charge is 0.302 e. The molecule has 0 amide bonds. The second kappa shape index (κ2) is 7.37. The Labute approximate surface area is 97.4 Å². The lowest BCUT2D eigenvalue weighted by Gasteiger charge is -2.36. The van der Waals surface area contributed by atoms with Gasteiger partial charge < -0.3 is 9.79 Å². The zero-order valence-electron chi connectivity index (χ0n) is 10.3. The van der Waals surface area contributed by atoms with Crippen molar-refractivity contribution in [2.24, 2.45) is 0 Å². The van der Waals surface area contributed by atoms with Crippen molar-refractivity contribution in [2.75, 3.05) is 19.6 Å². The fourth-order valence-corrected chi connectivity index (χ4v) is 2.18. The summed E-state index contributed by atoms with van der Waals surface area (Å²) in [4.78, 5) is 17.4. The SMILES string of the molecule is CCC[N+](CCC)(CCC)NOP(=O)(O)O. The highest BCUT2D eigenvalue weighted by molar-refractivity contribution is 7.46. The van der Waals surface area contributed by atoms with E-state index in [0.717, 1.165) is 38.9 Å². The molecule has 0 spiro atoms. The summed E-state index contributed by atoms with van der Waals surface area (Å²) in [6, 6.07) is 0. The van der Waals surface area contributed by atoms with Gasteiger partial charge in [-0.2, -0.15) is 0 Å². The van der Waals surface area contributed by atoms with E-state index in [-0.39, 0.29) is 0 Å². The standard InChI is InChI=1S/C9H23N2O4P/c1-4-7-11(8-5-2,9-6-3)10-15-16(12,13)14/h10H,4-9H2,1-3H3,(H-,12,13,14)/p+1. The highest BCUT2D eigenvalue weighted by atomic mass is 31.2. The van der Waals surface area contributed by atoms with Crippen LogP contribution in [0, 0.1) is 0 Å². The first kappa shape index (κ1) is 16.0. The summed E-state index contributed by atoms with van der Waals surface area (Å²) in [6.45, 7) is 8.50. The molecule has 0 heterocycles. The summed E-state index contributed by atoms with van der Waals surface area (Å²) >= 11 is 0. The highest BCUT2D eigenvalue weighted by Crippen LogP contribution is 2.34. The maximum Gasteiger partial charge on any atom is 0.490 e. The summed E-state index contributed by atoms with van der Waals surface area (Å²) in [5.74, 6) is 0. The molecular formula is C9H24N2O4P+. The third-order valence-electron chi connectivity index (χ3n) is 2.31. The van der Waals surface area contributed by atoms with Gasteiger partial charge >= 0.3 is 7.82 Å². The zero-order chi connectivity index (χ0) is 12.7. The van der Waals surface area contributed by atoms with Crippen molar-refractivity contribution in [2.45, 2.75) is 40.0 Å². The predicted molar refractivity (Wildman–Crippen MR) is 62.0 cm³/mol. The summed E-state index contributed by atoms with van der Waals surface area (Å²) in [6.07, 6.45) is 2.78. The molecule has 0 atom stereocenters. The van der Waals surface area contributed by atoms with Gasteiger partial charge in [-0.25, -0.2) is 9.16 Å². The molecule has 7 heteroatoms. The molecule has 0 aliphatic rings. The van der Waals surface area contributed by atoms with Crippen molar-refractivity contribution in [1.29, 1.82) is 0 Å². The molecule has 0 radical (unpaired) electrons. The van der Waals surface area contributed by atoms with Gasteiger partial charge in [0.05, 0.1) is 19.6 Å². The van der Waals surface area contributed by atoms with Crippen LogP contribution in [0.15, 0.2) is 0 Å². The van der Waals surface area contributed by atoms with Crippen LogP contribution >= 0.6 is 7.82 Å². The van der Waals surface area contributed by atoms with Crippen LogP contribution in [0.1, 0.15) is 40.0 Å². The summed E-state index contributed by atoms with van der Waals surface area (Å²) < 4.78 is 15.5. The van der Waals surface area contributed by atoms with E-state index in [1.165, 1.54) is 0 Å². The molecule has 3 N–H and O–H groups in total. The molecule has 0 rings (SSSR count). The Hall–Kier alpha value is 0.0300. The van der Waals surface area contributed by atoms with Crippen molar-refractivity contribution in [3.05, 3.63) is 0 Å². The minimum Gasteiger partial charge on any atom is -0.302 e. The van der Waals surface area contributed by atoms with E-state index >= 15 is 0 Å². The summed E-state index contributed by atoms with van der Waals surface area (Å²) in [5.41, 5.74) is 2.55. The van der Waals surface area contributed by atoms with Crippen molar-refractivity contribution in [3.63, 3.8) is 0 Å². The first-order valence-electron chi connectivity index (χ1n) is 5.76. The quantitative estimate of drug-likeness (QED) is 0.331. The molecule has 0 saturated heterocycles. The maximum absolute atomic E-state index is 10.7. The number of nitrogens with zero attached hydrogens (tertiary/aromatic N) is 1. The van der Waals surface area contributed by atoms with Gasteiger partial charge in [0.15, 0.2) is 0 Å². The van der Waals surface area contributed by atoms with E-state index in [9.17, 15) is 4.57 Å². The van der Waals surface area contributed by atoms with E-state index in [2.05, 4.69) is 10.2 Å². The molecule has 0 fully saturated rings. The van der Waals surface area contributed by atoms with Gasteiger partial charge in [0.2, 0.25) is 0 Å². The Kier molecular flexibility index (Phi) is 7.39. The molecular weight excluding hydrogens is 231 g/mol. The van der Waals surface area contributed by atoms with Crippen LogP contribution in [0.2, 0.25) is 0 Å². The largest absolute Gasteiger partial charge is 0.490 e. The van der Waals surface area contributed by atoms with Crippen LogP contribution in [-0.2, 0) is 9.19 Å². The lowest BCUT2D eigenvalue weighted by molar-refractivity contribution is -0.991. The van der Waals surface area contributed by atoms with Crippen LogP contribution in [0.25, 0.3) is 0 Å². The normalized spacial score (nSPS) is 13.1. The molecule has 0 aliphatic carbocycles. The van der Waals surface area contributed by atoms with Crippen molar-refractivity contribution in [3.8, 4) is 0 Å². The number of quaternary nitrogens is 1. The number of nitrogens with one attached hydrogen (secondary N) is 1. The van der Waals surface area contributed by atoms with Crippen LogP contribution < -0.4 is 5.59 Å². The van der Waals surface area contributed by atoms with E-state index < -0.39 is 7.82 Å². The van der Waals surface area contributed by atoms with Gasteiger partial charge in [0.25, 0.3) is 0 Å². The topological polar surface area (TPSA) is 78.8 Å². The Balaban J connectivity index is 4.52. The molecule has 0 aliphatic heterocycles. The molecule has 0 aromatic heterocycles. The molecule has 0 bridgehead atoms. The molecule has 0 aromatic rings. The average molecular weight is 255 g/mol. The highest BCUT2D eigenvalue weighted by Gasteiger charge is 2.29. The maximum atomic E-state index is 10.7. The minimum absolute atomic E-state index is 0.397. The molecule has 98 valence electrons. The van der Waals surface area contributed by atoms with Gasteiger partial charge in [0, 0.05) is 0 Å². The number of hydrogen-bond donors (Lipinski definition) is 3. The van der Waals surface area contributed by atoms with Crippen LogP contribution in [0.3, 0.4) is 0 Å². The first-order valence-corrected chi connectivity index (χ1v) is 7.29. The fourth-order valence-electron chi connectivity index (χ4n) is 1.90. The predicted octanol–water partition coefficient (Wildman–Crippen LogP) is 1.56. The van der Waals surface area contributed by atoms with Crippen LogP contribution in [0.4, 0.5) is 0 Å². The van der Waals surface area contributed by atoms with Crippen molar-refractivity contribution < 1.29 is 23.6 Å². The van der Waals surface area contributed by atoms with Gasteiger partial charge in [-0.1, -0.05) is 20.8 Å². The molecule has 16 heavy (non-hydrogen) atoms. The van der Waals surface area contributed by atoms with Crippen LogP contribution in [-0.4, -0.2) is 34.0 Å². The monoisotopic (exact) mass is 255 g/mol. The second-order valence-electron chi connectivity index (χ2n) is 3.99. The zero-order valence-corrected chi connectivity index (χ0v) is 11.2. The van der Waals surface area contributed by atoms with Crippen LogP contribution in [0.5, 0.6) is 0 Å². The lowest BCUT2D eigenvalue weighted by atomic mass is 10.3. The number of phosphoric acid groups is 1. The molecule has 0 unspecified atom stereocenters. The second-order valence-corrected chi connectivity index (χ2v) is 5.15. The summed E-state index contributed by atoms with van der Waals surface area (Å²) in [5, 5.41) is 0. The number of rotatable bonds is 9. The molecule has 0 aromatic carbocycles. The van der Waals surface area contributed by atoms with E-state index in [1.54, 1.807) is 0 Å². The third kappa shape index (κ3) is 6.58. The Morgan fingerprint density at radius 2 is 1.44 bits per heavy atom. The fraction of sp³-hybridized carbons (Fsp3) is 1.00. The lowest BCUT2D eigenvalue weighted by Crippen LogP contribution is -2.58. The summed E-state index contributed by atoms with van der Waals surface area (Å²) in [7, 11) is -4.46. The van der Waals surface area contributed by atoms with Gasteiger partial charge in [-0.15, -0.1) is 4.62 Å². The molecule has 0 saturated carbocycles. The van der Waals surface area contributed by atoms with E-state index in [0.29, 0.717) is 4.59 Å². The minimum atomic E-state index is -4.46. The van der Waals surface area contributed by atoms with Crippen molar-refractivity contribution >= 4 is 7.82 Å². The number of hydrogen-bond acceptors (Lipinski definition) is 3. The third-order valence-corrected chi connectivity index (χ3v) is 2.63. The Bertz CT molecular complexity index is 215. The Morgan fingerprint density at radius 1 is 1.06 bits per heavy atom. The first-order chi connectivity index (χ1) is 7.39. The molecule has 6 nitrogen and oxygen atoms in total.